The minimum absolute atomic E-state index is 0.752. The van der Waals surface area contributed by atoms with Crippen molar-refractivity contribution in [2.24, 2.45) is 0 Å². The van der Waals surface area contributed by atoms with Crippen molar-refractivity contribution in [2.45, 2.75) is 0 Å². The molecule has 5 heterocycles. The first-order valence-electron chi connectivity index (χ1n) is 9.81. The van der Waals surface area contributed by atoms with Crippen LogP contribution in [-0.2, 0) is 0 Å². The quantitative estimate of drug-likeness (QED) is 0.247. The Morgan fingerprint density at radius 1 is 0.406 bits per heavy atom. The number of nitrogens with zero attached hydrogens (tertiary/aromatic N) is 5. The van der Waals surface area contributed by atoms with Crippen LogP contribution in [0.3, 0.4) is 0 Å². The summed E-state index contributed by atoms with van der Waals surface area (Å²) in [6, 6.07) is 25.2. The van der Waals surface area contributed by atoms with Crippen LogP contribution in [0.1, 0.15) is 0 Å². The Bertz CT molecular complexity index is 1290. The normalized spacial score (nSPS) is 10.8. The van der Waals surface area contributed by atoms with E-state index in [0.29, 0.717) is 0 Å². The number of hydrogen-bond donors (Lipinski definition) is 0. The van der Waals surface area contributed by atoms with Crippen LogP contribution in [0, 0.1) is 0 Å². The second-order valence-electron chi connectivity index (χ2n) is 6.95. The minimum Gasteiger partial charge on any atom is -0.255 e. The number of pyridine rings is 5. The highest BCUT2D eigenvalue weighted by Gasteiger charge is 2.12. The van der Waals surface area contributed by atoms with Crippen LogP contribution in [0.5, 0.6) is 0 Å². The molecule has 0 unspecified atom stereocenters. The molecule has 154 valence electrons. The van der Waals surface area contributed by atoms with Crippen molar-refractivity contribution in [1.29, 1.82) is 0 Å². The zero-order chi connectivity index (χ0) is 21.9. The van der Waals surface area contributed by atoms with Crippen LogP contribution in [-0.4, -0.2) is 24.9 Å². The van der Waals surface area contributed by atoms with Gasteiger partial charge in [0.05, 0.1) is 45.6 Å². The third kappa shape index (κ3) is 4.49. The number of hydrogen-bond acceptors (Lipinski definition) is 5. The van der Waals surface area contributed by atoms with Gasteiger partial charge >= 0.3 is 0 Å². The Balaban J connectivity index is 1.57. The van der Waals surface area contributed by atoms with E-state index in [9.17, 15) is 0 Å². The van der Waals surface area contributed by atoms with Gasteiger partial charge in [-0.1, -0.05) is 50.1 Å². The first-order chi connectivity index (χ1) is 15.7. The van der Waals surface area contributed by atoms with Gasteiger partial charge in [-0.25, -0.2) is 15.0 Å². The Morgan fingerprint density at radius 3 is 1.19 bits per heavy atom. The lowest BCUT2D eigenvalue weighted by atomic mass is 10.1. The van der Waals surface area contributed by atoms with E-state index in [1.54, 1.807) is 12.4 Å². The largest absolute Gasteiger partial charge is 0.255 e. The van der Waals surface area contributed by atoms with Crippen LogP contribution in [0.15, 0.2) is 100 Å². The summed E-state index contributed by atoms with van der Waals surface area (Å²) in [4.78, 5) is 23.3. The lowest BCUT2D eigenvalue weighted by Crippen LogP contribution is -1.96. The zero-order valence-electron chi connectivity index (χ0n) is 16.7. The molecule has 5 rings (SSSR count). The van der Waals surface area contributed by atoms with Gasteiger partial charge in [0.15, 0.2) is 0 Å². The number of aromatic nitrogens is 5. The molecule has 0 radical (unpaired) electrons. The summed E-state index contributed by atoms with van der Waals surface area (Å²) >= 11 is 7.19. The van der Waals surface area contributed by atoms with Crippen LogP contribution in [0.2, 0.25) is 0 Å². The van der Waals surface area contributed by atoms with Gasteiger partial charge in [0, 0.05) is 21.3 Å². The molecule has 0 saturated heterocycles. The third-order valence-electron chi connectivity index (χ3n) is 4.71. The molecule has 5 nitrogen and oxygen atoms in total. The van der Waals surface area contributed by atoms with E-state index < -0.39 is 0 Å². The number of halogens is 2. The van der Waals surface area contributed by atoms with Crippen LogP contribution in [0.25, 0.3) is 45.6 Å². The molecule has 5 aromatic heterocycles. The van der Waals surface area contributed by atoms with Gasteiger partial charge in [-0.3, -0.25) is 9.97 Å². The molecule has 0 aromatic carbocycles. The van der Waals surface area contributed by atoms with Crippen molar-refractivity contribution in [2.75, 3.05) is 0 Å². The van der Waals surface area contributed by atoms with E-state index in [1.807, 2.05) is 78.9 Å². The monoisotopic (exact) mass is 543 g/mol. The van der Waals surface area contributed by atoms with Gasteiger partial charge in [0.25, 0.3) is 0 Å². The van der Waals surface area contributed by atoms with Crippen molar-refractivity contribution < 1.29 is 0 Å². The predicted octanol–water partition coefficient (Wildman–Crippen LogP) is 6.85. The Hall–Kier alpha value is -3.29. The minimum atomic E-state index is 0.752. The Morgan fingerprint density at radius 2 is 0.781 bits per heavy atom. The molecular formula is C25H15Br2N5. The second kappa shape index (κ2) is 9.06. The zero-order valence-corrected chi connectivity index (χ0v) is 19.8. The molecule has 0 aliphatic carbocycles. The summed E-state index contributed by atoms with van der Waals surface area (Å²) < 4.78 is 1.82. The highest BCUT2D eigenvalue weighted by molar-refractivity contribution is 9.10. The van der Waals surface area contributed by atoms with Crippen molar-refractivity contribution in [3.63, 3.8) is 0 Å². The van der Waals surface area contributed by atoms with E-state index >= 15 is 0 Å². The maximum atomic E-state index is 4.86. The SMILES string of the molecule is Brc1cc(-c2ccccn2)nc(-c2cccc(-c3cc(Br)cc(-c4ccccn4)n3)n2)c1. The average Bonchev–Trinajstić information content (AvgIpc) is 2.84. The van der Waals surface area contributed by atoms with Crippen molar-refractivity contribution in [3.8, 4) is 45.6 Å². The molecule has 0 atom stereocenters. The van der Waals surface area contributed by atoms with Gasteiger partial charge in [-0.2, -0.15) is 0 Å². The van der Waals surface area contributed by atoms with Gasteiger partial charge in [0.1, 0.15) is 0 Å². The average molecular weight is 545 g/mol. The molecular weight excluding hydrogens is 530 g/mol. The summed E-state index contributed by atoms with van der Waals surface area (Å²) in [5.74, 6) is 0. The summed E-state index contributed by atoms with van der Waals surface area (Å²) in [5.41, 5.74) is 6.17. The molecule has 32 heavy (non-hydrogen) atoms. The summed E-state index contributed by atoms with van der Waals surface area (Å²) in [6.45, 7) is 0. The maximum absolute atomic E-state index is 4.86. The summed E-state index contributed by atoms with van der Waals surface area (Å²) in [6.07, 6.45) is 3.52. The lowest BCUT2D eigenvalue weighted by molar-refractivity contribution is 1.19. The smallest absolute Gasteiger partial charge is 0.0905 e. The van der Waals surface area contributed by atoms with E-state index in [-0.39, 0.29) is 0 Å². The summed E-state index contributed by atoms with van der Waals surface area (Å²) in [7, 11) is 0. The molecule has 0 saturated carbocycles. The van der Waals surface area contributed by atoms with Crippen molar-refractivity contribution >= 4 is 31.9 Å². The molecule has 0 amide bonds. The topological polar surface area (TPSA) is 64.5 Å². The van der Waals surface area contributed by atoms with Crippen LogP contribution >= 0.6 is 31.9 Å². The molecule has 0 fully saturated rings. The lowest BCUT2D eigenvalue weighted by Gasteiger charge is -2.09. The molecule has 0 spiro atoms. The van der Waals surface area contributed by atoms with E-state index in [1.165, 1.54) is 0 Å². The van der Waals surface area contributed by atoms with Crippen molar-refractivity contribution in [3.05, 3.63) is 100 Å². The fourth-order valence-corrected chi connectivity index (χ4v) is 4.14. The highest BCUT2D eigenvalue weighted by Crippen LogP contribution is 2.29. The van der Waals surface area contributed by atoms with E-state index in [4.69, 9.17) is 15.0 Å². The van der Waals surface area contributed by atoms with Gasteiger partial charge < -0.3 is 0 Å². The van der Waals surface area contributed by atoms with Crippen LogP contribution < -0.4 is 0 Å². The standard InChI is InChI=1S/C25H15Br2N5/c26-16-12-22(18-6-1-3-10-28-18)31-24(14-16)20-8-5-9-21(30-20)25-15-17(27)13-23(32-25)19-7-2-4-11-29-19/h1-15H. The Labute approximate surface area is 201 Å². The van der Waals surface area contributed by atoms with Gasteiger partial charge in [0.2, 0.25) is 0 Å². The number of rotatable bonds is 4. The van der Waals surface area contributed by atoms with E-state index in [2.05, 4.69) is 41.8 Å². The van der Waals surface area contributed by atoms with Crippen LogP contribution in [0.4, 0.5) is 0 Å². The summed E-state index contributed by atoms with van der Waals surface area (Å²) in [5, 5.41) is 0. The molecule has 7 heteroatoms. The molecule has 0 bridgehead atoms. The first-order valence-corrected chi connectivity index (χ1v) is 11.4. The van der Waals surface area contributed by atoms with Gasteiger partial charge in [-0.15, -0.1) is 0 Å². The maximum Gasteiger partial charge on any atom is 0.0905 e. The first kappa shape index (κ1) is 20.6. The third-order valence-corrected chi connectivity index (χ3v) is 5.62. The predicted molar refractivity (Wildman–Crippen MR) is 133 cm³/mol. The molecule has 0 aliphatic rings. The fourth-order valence-electron chi connectivity index (χ4n) is 3.27. The highest BCUT2D eigenvalue weighted by atomic mass is 79.9. The van der Waals surface area contributed by atoms with Crippen molar-refractivity contribution in [1.82, 2.24) is 24.9 Å². The Kier molecular flexibility index (Phi) is 5.83. The second-order valence-corrected chi connectivity index (χ2v) is 8.78. The van der Waals surface area contributed by atoms with E-state index in [0.717, 1.165) is 54.5 Å². The molecule has 0 N–H and O–H groups in total. The molecule has 0 aliphatic heterocycles. The van der Waals surface area contributed by atoms with Gasteiger partial charge in [-0.05, 0) is 60.7 Å². The molecule has 5 aromatic rings. The fraction of sp³-hybridized carbons (Fsp3) is 0.